The molecule has 0 radical (unpaired) electrons. The lowest BCUT2D eigenvalue weighted by Gasteiger charge is -2.23. The molecule has 0 saturated heterocycles. The molecule has 4 rings (SSSR count). The number of hydrogen-bond donors (Lipinski definition) is 1. The molecule has 6 nitrogen and oxygen atoms in total. The van der Waals surface area contributed by atoms with E-state index in [9.17, 15) is 13.4 Å². The number of alkyl halides is 1. The summed E-state index contributed by atoms with van der Waals surface area (Å²) in [4.78, 5) is 12.0. The standard InChI is InChI=1S/C31H33F2NO5S/c1-5-37-28(35)17-21-9-6-7-12-27(21)39-19-20-15-22-13-14-38-30(22)25(16-20)23-10-8-11-24(29(23)33)26(18-32)34-40(36)31(2,3)4/h6-16,26,34H,5,17-19H2,1-4H3/t26?,40-/m1/s1. The zero-order chi connectivity index (χ0) is 28.9. The van der Waals surface area contributed by atoms with Gasteiger partial charge in [-0.05, 0) is 57.5 Å². The highest BCUT2D eigenvalue weighted by molar-refractivity contribution is 7.84. The highest BCUT2D eigenvalue weighted by Gasteiger charge is 2.26. The molecule has 4 aromatic rings. The van der Waals surface area contributed by atoms with Gasteiger partial charge in [0.1, 0.15) is 30.4 Å². The molecule has 0 aliphatic carbocycles. The summed E-state index contributed by atoms with van der Waals surface area (Å²) in [6.45, 7) is 6.54. The molecular formula is C31H33F2NO5S. The van der Waals surface area contributed by atoms with E-state index in [-0.39, 0.29) is 30.1 Å². The van der Waals surface area contributed by atoms with Crippen LogP contribution in [0.25, 0.3) is 22.1 Å². The van der Waals surface area contributed by atoms with Crippen LogP contribution in [0.4, 0.5) is 8.78 Å². The van der Waals surface area contributed by atoms with Crippen molar-refractivity contribution in [1.82, 2.24) is 4.72 Å². The third kappa shape index (κ3) is 6.77. The van der Waals surface area contributed by atoms with E-state index in [4.69, 9.17) is 13.9 Å². The molecule has 2 atom stereocenters. The van der Waals surface area contributed by atoms with Crippen LogP contribution in [-0.2, 0) is 33.5 Å². The largest absolute Gasteiger partial charge is 0.489 e. The fourth-order valence-electron chi connectivity index (χ4n) is 4.26. The zero-order valence-corrected chi connectivity index (χ0v) is 23.8. The number of ether oxygens (including phenoxy) is 2. The lowest BCUT2D eigenvalue weighted by molar-refractivity contribution is -0.142. The molecule has 0 saturated carbocycles. The number of rotatable bonds is 11. The van der Waals surface area contributed by atoms with Crippen molar-refractivity contribution in [3.63, 3.8) is 0 Å². The van der Waals surface area contributed by atoms with Gasteiger partial charge in [0.15, 0.2) is 0 Å². The lowest BCUT2D eigenvalue weighted by atomic mass is 9.96. The van der Waals surface area contributed by atoms with Crippen molar-refractivity contribution >= 4 is 27.9 Å². The van der Waals surface area contributed by atoms with E-state index >= 15 is 4.39 Å². The predicted octanol–water partition coefficient (Wildman–Crippen LogP) is 6.99. The molecular weight excluding hydrogens is 536 g/mol. The number of fused-ring (bicyclic) bond motifs is 1. The van der Waals surface area contributed by atoms with Gasteiger partial charge in [0.05, 0.1) is 41.1 Å². The van der Waals surface area contributed by atoms with Gasteiger partial charge in [0.2, 0.25) is 0 Å². The number of benzene rings is 3. The van der Waals surface area contributed by atoms with Crippen LogP contribution in [-0.4, -0.2) is 28.2 Å². The molecule has 1 heterocycles. The molecule has 3 aromatic carbocycles. The van der Waals surface area contributed by atoms with Crippen molar-refractivity contribution < 1.29 is 31.7 Å². The van der Waals surface area contributed by atoms with Gasteiger partial charge in [0, 0.05) is 27.6 Å². The Balaban J connectivity index is 1.66. The summed E-state index contributed by atoms with van der Waals surface area (Å²) in [7, 11) is -1.60. The molecule has 0 bridgehead atoms. The normalized spacial score (nSPS) is 13.2. The summed E-state index contributed by atoms with van der Waals surface area (Å²) in [6.07, 6.45) is 1.60. The highest BCUT2D eigenvalue weighted by atomic mass is 32.2. The molecule has 0 aliphatic heterocycles. The third-order valence-corrected chi connectivity index (χ3v) is 7.88. The summed E-state index contributed by atoms with van der Waals surface area (Å²) >= 11 is 0. The molecule has 0 aliphatic rings. The maximum atomic E-state index is 16.0. The van der Waals surface area contributed by atoms with Gasteiger partial charge in [-0.2, -0.15) is 0 Å². The number of halogens is 2. The average molecular weight is 570 g/mol. The molecule has 0 amide bonds. The first kappa shape index (κ1) is 29.4. The second-order valence-electron chi connectivity index (χ2n) is 10.3. The Labute approximate surface area is 235 Å². The van der Waals surface area contributed by atoms with E-state index in [0.717, 1.165) is 10.9 Å². The van der Waals surface area contributed by atoms with Crippen LogP contribution < -0.4 is 9.46 Å². The van der Waals surface area contributed by atoms with Gasteiger partial charge in [-0.1, -0.05) is 36.4 Å². The van der Waals surface area contributed by atoms with Crippen molar-refractivity contribution in [3.05, 3.63) is 89.4 Å². The Morgan fingerprint density at radius 2 is 1.85 bits per heavy atom. The van der Waals surface area contributed by atoms with Crippen LogP contribution >= 0.6 is 0 Å². The van der Waals surface area contributed by atoms with Crippen molar-refractivity contribution in [2.24, 2.45) is 0 Å². The fraction of sp³-hybridized carbons (Fsp3) is 0.323. The first-order valence-corrected chi connectivity index (χ1v) is 14.2. The van der Waals surface area contributed by atoms with Crippen LogP contribution in [0.2, 0.25) is 0 Å². The Kier molecular flexibility index (Phi) is 9.37. The van der Waals surface area contributed by atoms with Gasteiger partial charge < -0.3 is 13.9 Å². The van der Waals surface area contributed by atoms with E-state index in [0.29, 0.717) is 29.1 Å². The minimum Gasteiger partial charge on any atom is -0.489 e. The number of furan rings is 1. The van der Waals surface area contributed by atoms with Crippen LogP contribution in [0.5, 0.6) is 5.75 Å². The minimum atomic E-state index is -1.60. The Morgan fingerprint density at radius 1 is 1.07 bits per heavy atom. The van der Waals surface area contributed by atoms with Crippen molar-refractivity contribution in [1.29, 1.82) is 0 Å². The van der Waals surface area contributed by atoms with Gasteiger partial charge in [-0.15, -0.1) is 0 Å². The molecule has 1 unspecified atom stereocenters. The van der Waals surface area contributed by atoms with E-state index in [1.807, 2.05) is 18.2 Å². The Morgan fingerprint density at radius 3 is 2.58 bits per heavy atom. The molecule has 1 aromatic heterocycles. The summed E-state index contributed by atoms with van der Waals surface area (Å²) < 4.78 is 61.6. The van der Waals surface area contributed by atoms with Crippen LogP contribution in [0.3, 0.4) is 0 Å². The first-order valence-electron chi connectivity index (χ1n) is 13.0. The number of para-hydroxylation sites is 1. The summed E-state index contributed by atoms with van der Waals surface area (Å²) in [5.74, 6) is -0.427. The van der Waals surface area contributed by atoms with Crippen molar-refractivity contribution in [2.75, 3.05) is 13.3 Å². The van der Waals surface area contributed by atoms with Crippen LogP contribution in [0, 0.1) is 5.82 Å². The lowest BCUT2D eigenvalue weighted by Crippen LogP contribution is -2.36. The number of carbonyl (C=O) groups is 1. The van der Waals surface area contributed by atoms with Gasteiger partial charge >= 0.3 is 5.97 Å². The third-order valence-electron chi connectivity index (χ3n) is 6.27. The number of carbonyl (C=O) groups excluding carboxylic acids is 1. The molecule has 0 spiro atoms. The summed E-state index contributed by atoms with van der Waals surface area (Å²) in [5.41, 5.74) is 2.70. The molecule has 212 valence electrons. The minimum absolute atomic E-state index is 0.0758. The number of hydrogen-bond acceptors (Lipinski definition) is 5. The first-order chi connectivity index (χ1) is 19.1. The average Bonchev–Trinajstić information content (AvgIpc) is 3.39. The van der Waals surface area contributed by atoms with Crippen LogP contribution in [0.15, 0.2) is 71.3 Å². The van der Waals surface area contributed by atoms with E-state index in [2.05, 4.69) is 4.72 Å². The van der Waals surface area contributed by atoms with Crippen molar-refractivity contribution in [2.45, 2.75) is 51.5 Å². The summed E-state index contributed by atoms with van der Waals surface area (Å²) in [6, 6.07) is 16.3. The number of nitrogens with one attached hydrogen (secondary N) is 1. The fourth-order valence-corrected chi connectivity index (χ4v) is 5.06. The Hall–Kier alpha value is -3.56. The van der Waals surface area contributed by atoms with Gasteiger partial charge in [0.25, 0.3) is 0 Å². The van der Waals surface area contributed by atoms with E-state index in [1.54, 1.807) is 64.1 Å². The molecule has 40 heavy (non-hydrogen) atoms. The maximum Gasteiger partial charge on any atom is 0.310 e. The topological polar surface area (TPSA) is 77.8 Å². The predicted molar refractivity (Wildman–Crippen MR) is 152 cm³/mol. The van der Waals surface area contributed by atoms with Gasteiger partial charge in [-0.25, -0.2) is 17.7 Å². The molecule has 9 heteroatoms. The Bertz CT molecular complexity index is 1510. The highest BCUT2D eigenvalue weighted by Crippen LogP contribution is 2.36. The van der Waals surface area contributed by atoms with Gasteiger partial charge in [-0.3, -0.25) is 4.79 Å². The maximum absolute atomic E-state index is 16.0. The number of esters is 1. The SMILES string of the molecule is CCOC(=O)Cc1ccccc1OCc1cc(-c2cccc(C(CF)N[S@](=O)C(C)(C)C)c2F)c2occc2c1. The smallest absolute Gasteiger partial charge is 0.310 e. The quantitative estimate of drug-likeness (QED) is 0.197. The van der Waals surface area contributed by atoms with E-state index < -0.39 is 34.3 Å². The second kappa shape index (κ2) is 12.7. The second-order valence-corrected chi connectivity index (χ2v) is 12.3. The van der Waals surface area contributed by atoms with Crippen LogP contribution in [0.1, 0.15) is 50.4 Å². The molecule has 0 fully saturated rings. The summed E-state index contributed by atoms with van der Waals surface area (Å²) in [5, 5.41) is 0.745. The zero-order valence-electron chi connectivity index (χ0n) is 23.0. The molecule has 1 N–H and O–H groups in total. The van der Waals surface area contributed by atoms with Crippen molar-refractivity contribution in [3.8, 4) is 16.9 Å². The monoisotopic (exact) mass is 569 g/mol. The van der Waals surface area contributed by atoms with E-state index in [1.165, 1.54) is 12.3 Å².